The smallest absolute Gasteiger partial charge is 0.228 e. The number of anilines is 1. The quantitative estimate of drug-likeness (QED) is 0.803. The summed E-state index contributed by atoms with van der Waals surface area (Å²) < 4.78 is 46.7. The largest absolute Gasteiger partial charge is 0.399 e. The SMILES string of the molecule is CN(Cc1cc(N)ccc1Cl)S(=O)(=O)CS(C)(=O)=O. The predicted octanol–water partition coefficient (Wildman–Crippen LogP) is 0.686. The molecule has 0 aliphatic carbocycles. The molecule has 1 aromatic rings. The molecule has 0 spiro atoms. The lowest BCUT2D eigenvalue weighted by Crippen LogP contribution is -2.31. The zero-order chi connectivity index (χ0) is 14.8. The fourth-order valence-corrected chi connectivity index (χ4v) is 4.81. The van der Waals surface area contributed by atoms with Crippen molar-refractivity contribution in [3.63, 3.8) is 0 Å². The molecule has 19 heavy (non-hydrogen) atoms. The van der Waals surface area contributed by atoms with Gasteiger partial charge in [-0.25, -0.2) is 16.8 Å². The van der Waals surface area contributed by atoms with Crippen LogP contribution >= 0.6 is 11.6 Å². The van der Waals surface area contributed by atoms with Gasteiger partial charge in [-0.1, -0.05) is 11.6 Å². The average molecular weight is 327 g/mol. The van der Waals surface area contributed by atoms with Gasteiger partial charge >= 0.3 is 0 Å². The van der Waals surface area contributed by atoms with Crippen LogP contribution in [-0.2, 0) is 26.4 Å². The van der Waals surface area contributed by atoms with Gasteiger partial charge in [-0.2, -0.15) is 4.31 Å². The lowest BCUT2D eigenvalue weighted by Gasteiger charge is -2.17. The minimum Gasteiger partial charge on any atom is -0.399 e. The third-order valence-electron chi connectivity index (χ3n) is 2.30. The van der Waals surface area contributed by atoms with E-state index in [4.69, 9.17) is 17.3 Å². The molecule has 0 aliphatic heterocycles. The number of sulfonamides is 1. The molecule has 0 fully saturated rings. The Labute approximate surface area is 118 Å². The number of sulfone groups is 1. The fourth-order valence-electron chi connectivity index (χ4n) is 1.41. The Morgan fingerprint density at radius 2 is 1.84 bits per heavy atom. The third-order valence-corrected chi connectivity index (χ3v) is 6.65. The molecule has 0 bridgehead atoms. The first kappa shape index (κ1) is 16.2. The second kappa shape index (κ2) is 5.66. The van der Waals surface area contributed by atoms with Crippen molar-refractivity contribution in [3.05, 3.63) is 28.8 Å². The van der Waals surface area contributed by atoms with Gasteiger partial charge in [-0.15, -0.1) is 0 Å². The molecule has 6 nitrogen and oxygen atoms in total. The summed E-state index contributed by atoms with van der Waals surface area (Å²) in [5, 5.41) is -0.563. The van der Waals surface area contributed by atoms with Crippen molar-refractivity contribution in [1.29, 1.82) is 0 Å². The van der Waals surface area contributed by atoms with E-state index in [1.807, 2.05) is 0 Å². The van der Waals surface area contributed by atoms with Crippen molar-refractivity contribution < 1.29 is 16.8 Å². The maximum absolute atomic E-state index is 11.8. The van der Waals surface area contributed by atoms with Crippen LogP contribution in [-0.4, -0.2) is 39.5 Å². The Hall–Kier alpha value is -0.830. The number of nitrogen functional groups attached to an aromatic ring is 1. The first-order valence-corrected chi connectivity index (χ1v) is 9.22. The number of hydrogen-bond acceptors (Lipinski definition) is 5. The molecule has 2 N–H and O–H groups in total. The van der Waals surface area contributed by atoms with Crippen LogP contribution in [0, 0.1) is 0 Å². The number of nitrogens with two attached hydrogens (primary N) is 1. The zero-order valence-electron chi connectivity index (χ0n) is 10.5. The number of halogens is 1. The van der Waals surface area contributed by atoms with E-state index < -0.39 is 24.9 Å². The summed E-state index contributed by atoms with van der Waals surface area (Å²) in [5.74, 6) is 0. The minimum absolute atomic E-state index is 0.0400. The van der Waals surface area contributed by atoms with Gasteiger partial charge in [-0.3, -0.25) is 0 Å². The molecule has 0 atom stereocenters. The molecule has 0 saturated carbocycles. The highest BCUT2D eigenvalue weighted by Crippen LogP contribution is 2.21. The number of rotatable bonds is 5. The summed E-state index contributed by atoms with van der Waals surface area (Å²) in [4.78, 5) is 0. The Kier molecular flexibility index (Phi) is 4.83. The Balaban J connectivity index is 2.96. The maximum Gasteiger partial charge on any atom is 0.228 e. The molecule has 1 aromatic carbocycles. The Bertz CT molecular complexity index is 671. The highest BCUT2D eigenvalue weighted by Gasteiger charge is 2.24. The minimum atomic E-state index is -3.90. The van der Waals surface area contributed by atoms with Crippen molar-refractivity contribution >= 4 is 37.1 Å². The summed E-state index contributed by atoms with van der Waals surface area (Å²) in [7, 11) is -6.23. The molecule has 9 heteroatoms. The molecular weight excluding hydrogens is 312 g/mol. The first-order valence-electron chi connectivity index (χ1n) is 5.17. The summed E-state index contributed by atoms with van der Waals surface area (Å²) >= 11 is 5.93. The zero-order valence-corrected chi connectivity index (χ0v) is 12.9. The van der Waals surface area contributed by atoms with Gasteiger partial charge in [0.15, 0.2) is 14.9 Å². The van der Waals surface area contributed by atoms with E-state index in [0.717, 1.165) is 10.6 Å². The average Bonchev–Trinajstić information content (AvgIpc) is 2.20. The summed E-state index contributed by atoms with van der Waals surface area (Å²) in [5.41, 5.74) is 6.56. The van der Waals surface area contributed by atoms with E-state index in [2.05, 4.69) is 0 Å². The molecule has 1 rings (SSSR count). The van der Waals surface area contributed by atoms with Crippen molar-refractivity contribution in [3.8, 4) is 0 Å². The number of hydrogen-bond donors (Lipinski definition) is 1. The van der Waals surface area contributed by atoms with Crippen LogP contribution < -0.4 is 5.73 Å². The number of nitrogens with zero attached hydrogens (tertiary/aromatic N) is 1. The van der Waals surface area contributed by atoms with Crippen molar-refractivity contribution in [1.82, 2.24) is 4.31 Å². The van der Waals surface area contributed by atoms with Gasteiger partial charge < -0.3 is 5.73 Å². The van der Waals surface area contributed by atoms with Crippen LogP contribution in [0.3, 0.4) is 0 Å². The van der Waals surface area contributed by atoms with Gasteiger partial charge in [-0.05, 0) is 23.8 Å². The molecule has 0 unspecified atom stereocenters. The summed E-state index contributed by atoms with van der Waals surface area (Å²) in [6.07, 6.45) is 0.867. The molecule has 0 radical (unpaired) electrons. The van der Waals surface area contributed by atoms with Gasteiger partial charge in [0, 0.05) is 30.6 Å². The van der Waals surface area contributed by atoms with Crippen LogP contribution in [0.2, 0.25) is 5.02 Å². The molecule has 0 heterocycles. The Morgan fingerprint density at radius 3 is 2.37 bits per heavy atom. The Morgan fingerprint density at radius 1 is 1.26 bits per heavy atom. The highest BCUT2D eigenvalue weighted by atomic mass is 35.5. The lowest BCUT2D eigenvalue weighted by molar-refractivity contribution is 0.470. The maximum atomic E-state index is 11.8. The third kappa shape index (κ3) is 4.98. The topological polar surface area (TPSA) is 97.5 Å². The van der Waals surface area contributed by atoms with Crippen LogP contribution in [0.15, 0.2) is 18.2 Å². The monoisotopic (exact) mass is 326 g/mol. The molecule has 0 saturated heterocycles. The lowest BCUT2D eigenvalue weighted by atomic mass is 10.2. The molecule has 0 amide bonds. The van der Waals surface area contributed by atoms with Crippen LogP contribution in [0.1, 0.15) is 5.56 Å². The first-order chi connectivity index (χ1) is 8.51. The van der Waals surface area contributed by atoms with Crippen molar-refractivity contribution in [2.24, 2.45) is 0 Å². The van der Waals surface area contributed by atoms with E-state index in [9.17, 15) is 16.8 Å². The molecule has 0 aliphatic rings. The van der Waals surface area contributed by atoms with Crippen molar-refractivity contribution in [2.75, 3.05) is 24.1 Å². The van der Waals surface area contributed by atoms with Crippen LogP contribution in [0.5, 0.6) is 0 Å². The van der Waals surface area contributed by atoms with Gasteiger partial charge in [0.1, 0.15) is 0 Å². The second-order valence-corrected chi connectivity index (χ2v) is 9.25. The standard InChI is InChI=1S/C10H15ClN2O4S2/c1-13(19(16,17)7-18(2,14)15)6-8-5-9(12)3-4-10(8)11/h3-5H,6-7,12H2,1-2H3. The summed E-state index contributed by atoms with van der Waals surface area (Å²) in [6, 6.07) is 4.70. The summed E-state index contributed by atoms with van der Waals surface area (Å²) in [6.45, 7) is -0.0400. The normalized spacial score (nSPS) is 12.8. The molecule has 108 valence electrons. The van der Waals surface area contributed by atoms with E-state index in [1.54, 1.807) is 18.2 Å². The van der Waals surface area contributed by atoms with E-state index in [-0.39, 0.29) is 6.54 Å². The van der Waals surface area contributed by atoms with Gasteiger partial charge in [0.25, 0.3) is 0 Å². The van der Waals surface area contributed by atoms with Crippen LogP contribution in [0.4, 0.5) is 5.69 Å². The van der Waals surface area contributed by atoms with Gasteiger partial charge in [0.2, 0.25) is 10.0 Å². The van der Waals surface area contributed by atoms with Crippen LogP contribution in [0.25, 0.3) is 0 Å². The van der Waals surface area contributed by atoms with Gasteiger partial charge in [0.05, 0.1) is 0 Å². The van der Waals surface area contributed by atoms with E-state index >= 15 is 0 Å². The van der Waals surface area contributed by atoms with E-state index in [0.29, 0.717) is 16.3 Å². The molecular formula is C10H15ClN2O4S2. The number of benzene rings is 1. The van der Waals surface area contributed by atoms with E-state index in [1.165, 1.54) is 7.05 Å². The fraction of sp³-hybridized carbons (Fsp3) is 0.400. The highest BCUT2D eigenvalue weighted by molar-refractivity contribution is 8.06. The molecule has 0 aromatic heterocycles. The second-order valence-electron chi connectivity index (χ2n) is 4.26. The van der Waals surface area contributed by atoms with Crippen molar-refractivity contribution in [2.45, 2.75) is 6.54 Å². The predicted molar refractivity (Wildman–Crippen MR) is 76.0 cm³/mol.